The quantitative estimate of drug-likeness (QED) is 0.567. The molecule has 1 amide bonds. The molecule has 0 radical (unpaired) electrons. The zero-order valence-electron chi connectivity index (χ0n) is 15.5. The summed E-state index contributed by atoms with van der Waals surface area (Å²) in [6.45, 7) is 6.36. The van der Waals surface area contributed by atoms with E-state index in [9.17, 15) is 19.6 Å². The van der Waals surface area contributed by atoms with Gasteiger partial charge in [0, 0.05) is 5.69 Å². The predicted octanol–water partition coefficient (Wildman–Crippen LogP) is 3.18. The Morgan fingerprint density at radius 3 is 2.50 bits per heavy atom. The van der Waals surface area contributed by atoms with E-state index in [0.717, 1.165) is 23.1 Å². The average Bonchev–Trinajstić information content (AvgIpc) is 2.97. The van der Waals surface area contributed by atoms with Crippen LogP contribution in [0.1, 0.15) is 31.9 Å². The number of H-pyrrole nitrogens is 2. The van der Waals surface area contributed by atoms with E-state index in [-0.39, 0.29) is 32.9 Å². The Morgan fingerprint density at radius 2 is 1.89 bits per heavy atom. The summed E-state index contributed by atoms with van der Waals surface area (Å²) in [5.74, 6) is -0.151. The summed E-state index contributed by atoms with van der Waals surface area (Å²) in [5.41, 5.74) is 1.10. The van der Waals surface area contributed by atoms with Crippen LogP contribution in [0.15, 0.2) is 38.1 Å². The first-order chi connectivity index (χ1) is 13.2. The Balaban J connectivity index is 1.73. The van der Waals surface area contributed by atoms with Gasteiger partial charge in [-0.15, -0.1) is 23.1 Å². The molecular formula is C19H18N4O3S2. The van der Waals surface area contributed by atoms with Crippen LogP contribution in [0.3, 0.4) is 0 Å². The third-order valence-electron chi connectivity index (χ3n) is 4.03. The van der Waals surface area contributed by atoms with Gasteiger partial charge in [0.25, 0.3) is 5.56 Å². The van der Waals surface area contributed by atoms with Crippen LogP contribution in [0.5, 0.6) is 0 Å². The molecule has 0 bridgehead atoms. The zero-order chi connectivity index (χ0) is 20.5. The topological polar surface area (TPSA) is 119 Å². The van der Waals surface area contributed by atoms with Gasteiger partial charge in [-0.25, -0.2) is 4.79 Å². The molecule has 9 heteroatoms. The van der Waals surface area contributed by atoms with E-state index in [1.54, 1.807) is 0 Å². The Labute approximate surface area is 168 Å². The highest BCUT2D eigenvalue weighted by Crippen LogP contribution is 2.34. The molecule has 0 spiro atoms. The van der Waals surface area contributed by atoms with Crippen molar-refractivity contribution >= 4 is 44.9 Å². The van der Waals surface area contributed by atoms with Crippen LogP contribution in [0.4, 0.5) is 5.69 Å². The third-order valence-corrected chi connectivity index (χ3v) is 6.49. The summed E-state index contributed by atoms with van der Waals surface area (Å²) in [7, 11) is 0. The Kier molecular flexibility index (Phi) is 5.45. The number of hydrogen-bond donors (Lipinski definition) is 3. The number of amides is 1. The molecule has 0 saturated carbocycles. The second-order valence-corrected chi connectivity index (χ2v) is 9.42. The van der Waals surface area contributed by atoms with Crippen molar-refractivity contribution in [2.45, 2.75) is 30.4 Å². The average molecular weight is 415 g/mol. The second kappa shape index (κ2) is 7.66. The lowest BCUT2D eigenvalue weighted by Crippen LogP contribution is -2.20. The van der Waals surface area contributed by atoms with Crippen LogP contribution in [0, 0.1) is 11.3 Å². The van der Waals surface area contributed by atoms with Crippen molar-refractivity contribution < 1.29 is 4.79 Å². The van der Waals surface area contributed by atoms with Gasteiger partial charge in [-0.05, 0) is 23.1 Å². The minimum atomic E-state index is -0.667. The maximum atomic E-state index is 12.3. The lowest BCUT2D eigenvalue weighted by molar-refractivity contribution is -0.113. The molecule has 144 valence electrons. The Bertz CT molecular complexity index is 1190. The molecule has 0 aliphatic carbocycles. The largest absolute Gasteiger partial charge is 0.326 e. The Morgan fingerprint density at radius 1 is 1.21 bits per heavy atom. The van der Waals surface area contributed by atoms with Crippen molar-refractivity contribution in [3.05, 3.63) is 56.2 Å². The number of thiophene rings is 1. The van der Waals surface area contributed by atoms with E-state index in [0.29, 0.717) is 9.90 Å². The van der Waals surface area contributed by atoms with Gasteiger partial charge in [0.15, 0.2) is 0 Å². The Hall–Kier alpha value is -2.83. The molecule has 0 fully saturated rings. The van der Waals surface area contributed by atoms with E-state index in [2.05, 4.69) is 36.1 Å². The monoisotopic (exact) mass is 414 g/mol. The number of thioether (sulfide) groups is 1. The molecule has 7 nitrogen and oxygen atoms in total. The fourth-order valence-corrected chi connectivity index (χ4v) is 4.70. The van der Waals surface area contributed by atoms with Crippen LogP contribution >= 0.6 is 23.1 Å². The number of fused-ring (bicyclic) bond motifs is 1. The first kappa shape index (κ1) is 19.9. The fraction of sp³-hybridized carbons (Fsp3) is 0.263. The zero-order valence-corrected chi connectivity index (χ0v) is 17.1. The number of carbonyl (C=O) groups is 1. The molecule has 2 heterocycles. The van der Waals surface area contributed by atoms with E-state index in [1.807, 2.05) is 30.3 Å². The minimum absolute atomic E-state index is 0.0338. The number of rotatable bonds is 4. The van der Waals surface area contributed by atoms with Crippen molar-refractivity contribution in [1.82, 2.24) is 9.97 Å². The van der Waals surface area contributed by atoms with Gasteiger partial charge in [-0.1, -0.05) is 32.9 Å². The minimum Gasteiger partial charge on any atom is -0.325 e. The highest BCUT2D eigenvalue weighted by atomic mass is 32.2. The van der Waals surface area contributed by atoms with Crippen molar-refractivity contribution in [1.29, 1.82) is 5.26 Å². The smallest absolute Gasteiger partial charge is 0.325 e. The molecular weight excluding hydrogens is 396 g/mol. The van der Waals surface area contributed by atoms with E-state index in [1.165, 1.54) is 5.56 Å². The van der Waals surface area contributed by atoms with Gasteiger partial charge in [-0.2, -0.15) is 5.26 Å². The molecule has 0 saturated heterocycles. The molecule has 1 aromatic carbocycles. The number of hydrogen-bond acceptors (Lipinski definition) is 6. The number of nitriles is 1. The van der Waals surface area contributed by atoms with Crippen LogP contribution in [-0.2, 0) is 10.2 Å². The molecule has 3 aromatic rings. The van der Waals surface area contributed by atoms with Crippen LogP contribution < -0.4 is 16.6 Å². The predicted molar refractivity (Wildman–Crippen MR) is 112 cm³/mol. The highest BCUT2D eigenvalue weighted by Gasteiger charge is 2.17. The van der Waals surface area contributed by atoms with Gasteiger partial charge in [-0.3, -0.25) is 14.6 Å². The van der Waals surface area contributed by atoms with Gasteiger partial charge in [0.05, 0.1) is 15.5 Å². The molecule has 0 aliphatic rings. The number of nitrogens with zero attached hydrogens (tertiary/aromatic N) is 1. The third kappa shape index (κ3) is 4.18. The first-order valence-corrected chi connectivity index (χ1v) is 10.2. The van der Waals surface area contributed by atoms with E-state index >= 15 is 0 Å². The SMILES string of the molecule is CC(C)(C)c1ccc(NC(=O)CSc2sc3c(=O)[nH]c(=O)[nH]c3c2C#N)cc1. The van der Waals surface area contributed by atoms with Crippen LogP contribution in [0.25, 0.3) is 10.2 Å². The standard InChI is InChI=1S/C19H18N4O3S2/c1-19(2,3)10-4-6-11(7-5-10)21-13(24)9-27-17-12(8-20)14-15(28-17)16(25)23-18(26)22-14/h4-7H,9H2,1-3H3,(H,21,24)(H2,22,23,25,26). The number of benzene rings is 1. The van der Waals surface area contributed by atoms with Crippen LogP contribution in [-0.4, -0.2) is 21.6 Å². The maximum Gasteiger partial charge on any atom is 0.326 e. The number of aromatic nitrogens is 2. The number of carbonyl (C=O) groups excluding carboxylic acids is 1. The van der Waals surface area contributed by atoms with Crippen molar-refractivity contribution in [3.8, 4) is 6.07 Å². The number of nitrogens with one attached hydrogen (secondary N) is 3. The summed E-state index contributed by atoms with van der Waals surface area (Å²) in [5, 5.41) is 12.2. The lowest BCUT2D eigenvalue weighted by atomic mass is 9.87. The molecule has 3 rings (SSSR count). The highest BCUT2D eigenvalue weighted by molar-refractivity contribution is 8.02. The molecule has 0 atom stereocenters. The first-order valence-electron chi connectivity index (χ1n) is 8.41. The fourth-order valence-electron chi connectivity index (χ4n) is 2.58. The molecule has 28 heavy (non-hydrogen) atoms. The second-order valence-electron chi connectivity index (χ2n) is 7.15. The maximum absolute atomic E-state index is 12.3. The number of anilines is 1. The van der Waals surface area contributed by atoms with Crippen molar-refractivity contribution in [2.24, 2.45) is 0 Å². The van der Waals surface area contributed by atoms with Crippen molar-refractivity contribution in [3.63, 3.8) is 0 Å². The summed E-state index contributed by atoms with van der Waals surface area (Å²) >= 11 is 2.24. The summed E-state index contributed by atoms with van der Waals surface area (Å²) in [6.07, 6.45) is 0. The lowest BCUT2D eigenvalue weighted by Gasteiger charge is -2.19. The molecule has 2 aromatic heterocycles. The van der Waals surface area contributed by atoms with Gasteiger partial charge >= 0.3 is 5.69 Å². The van der Waals surface area contributed by atoms with Gasteiger partial charge in [0.2, 0.25) is 5.91 Å². The summed E-state index contributed by atoms with van der Waals surface area (Å²) < 4.78 is 0.778. The van der Waals surface area contributed by atoms with Crippen molar-refractivity contribution in [2.75, 3.05) is 11.1 Å². The summed E-state index contributed by atoms with van der Waals surface area (Å²) in [6, 6.07) is 9.67. The molecule has 0 unspecified atom stereocenters. The summed E-state index contributed by atoms with van der Waals surface area (Å²) in [4.78, 5) is 40.2. The van der Waals surface area contributed by atoms with Gasteiger partial charge in [0.1, 0.15) is 16.3 Å². The normalized spacial score (nSPS) is 11.4. The van der Waals surface area contributed by atoms with E-state index < -0.39 is 11.2 Å². The van der Waals surface area contributed by atoms with Crippen LogP contribution in [0.2, 0.25) is 0 Å². The number of aromatic amines is 2. The van der Waals surface area contributed by atoms with Gasteiger partial charge < -0.3 is 10.3 Å². The molecule has 3 N–H and O–H groups in total. The van der Waals surface area contributed by atoms with E-state index in [4.69, 9.17) is 0 Å². The molecule has 0 aliphatic heterocycles.